The third-order valence-electron chi connectivity index (χ3n) is 4.56. The van der Waals surface area contributed by atoms with Crippen LogP contribution in [0.5, 0.6) is 5.75 Å². The number of aromatic nitrogens is 4. The molecule has 1 amide bonds. The summed E-state index contributed by atoms with van der Waals surface area (Å²) in [6, 6.07) is 21.2. The molecule has 0 radical (unpaired) electrons. The smallest absolute Gasteiger partial charge is 0.230 e. The molecule has 0 fully saturated rings. The van der Waals surface area contributed by atoms with Crippen molar-refractivity contribution < 1.29 is 9.53 Å². The van der Waals surface area contributed by atoms with Crippen molar-refractivity contribution >= 4 is 17.7 Å². The summed E-state index contributed by atoms with van der Waals surface area (Å²) in [6.45, 7) is 0.488. The SMILES string of the molecule is COc1ccccc1-n1c(SCC(=O)NCc2ccccc2)nnc1-c1ccncc1. The van der Waals surface area contributed by atoms with Gasteiger partial charge in [-0.1, -0.05) is 54.2 Å². The molecule has 4 rings (SSSR count). The van der Waals surface area contributed by atoms with E-state index in [1.807, 2.05) is 71.3 Å². The predicted molar refractivity (Wildman–Crippen MR) is 120 cm³/mol. The molecule has 0 aliphatic rings. The summed E-state index contributed by atoms with van der Waals surface area (Å²) < 4.78 is 7.46. The largest absolute Gasteiger partial charge is 0.495 e. The van der Waals surface area contributed by atoms with Gasteiger partial charge in [-0.05, 0) is 29.8 Å². The fourth-order valence-corrected chi connectivity index (χ4v) is 3.84. The fraction of sp³-hybridized carbons (Fsp3) is 0.130. The number of benzene rings is 2. The van der Waals surface area contributed by atoms with Gasteiger partial charge in [0, 0.05) is 24.5 Å². The highest BCUT2D eigenvalue weighted by Crippen LogP contribution is 2.32. The summed E-state index contributed by atoms with van der Waals surface area (Å²) in [7, 11) is 1.62. The molecule has 0 saturated carbocycles. The first-order valence-electron chi connectivity index (χ1n) is 9.69. The number of nitrogens with one attached hydrogen (secondary N) is 1. The van der Waals surface area contributed by atoms with Crippen molar-refractivity contribution in [1.82, 2.24) is 25.1 Å². The molecule has 0 bridgehead atoms. The highest BCUT2D eigenvalue weighted by atomic mass is 32.2. The highest BCUT2D eigenvalue weighted by Gasteiger charge is 2.19. The van der Waals surface area contributed by atoms with Gasteiger partial charge in [-0.25, -0.2) is 0 Å². The van der Waals surface area contributed by atoms with E-state index in [1.165, 1.54) is 11.8 Å². The van der Waals surface area contributed by atoms with Crippen molar-refractivity contribution in [3.8, 4) is 22.8 Å². The molecule has 2 aromatic heterocycles. The standard InChI is InChI=1S/C23H21N5O2S/c1-30-20-10-6-5-9-19(20)28-22(18-11-13-24-14-12-18)26-27-23(28)31-16-21(29)25-15-17-7-3-2-4-8-17/h2-14H,15-16H2,1H3,(H,25,29). The molecule has 31 heavy (non-hydrogen) atoms. The van der Waals surface area contributed by atoms with Gasteiger partial charge in [0.25, 0.3) is 0 Å². The number of amides is 1. The third-order valence-corrected chi connectivity index (χ3v) is 5.49. The van der Waals surface area contributed by atoms with Gasteiger partial charge < -0.3 is 10.1 Å². The van der Waals surface area contributed by atoms with Crippen molar-refractivity contribution in [1.29, 1.82) is 0 Å². The van der Waals surface area contributed by atoms with Gasteiger partial charge >= 0.3 is 0 Å². The number of ether oxygens (including phenoxy) is 1. The Morgan fingerprint density at radius 2 is 1.74 bits per heavy atom. The molecule has 2 aromatic carbocycles. The first-order chi connectivity index (χ1) is 15.3. The number of rotatable bonds is 8. The number of hydrogen-bond acceptors (Lipinski definition) is 6. The van der Waals surface area contributed by atoms with E-state index in [2.05, 4.69) is 20.5 Å². The minimum atomic E-state index is -0.0751. The molecule has 0 spiro atoms. The molecule has 0 saturated heterocycles. The molecule has 8 heteroatoms. The van der Waals surface area contributed by atoms with E-state index in [9.17, 15) is 4.79 Å². The lowest BCUT2D eigenvalue weighted by atomic mass is 10.2. The summed E-state index contributed by atoms with van der Waals surface area (Å²) in [6.07, 6.45) is 3.42. The number of carbonyl (C=O) groups excluding carboxylic acids is 1. The summed E-state index contributed by atoms with van der Waals surface area (Å²) in [5.41, 5.74) is 2.72. The van der Waals surface area contributed by atoms with Crippen LogP contribution in [-0.2, 0) is 11.3 Å². The third kappa shape index (κ3) is 4.92. The van der Waals surface area contributed by atoms with E-state index < -0.39 is 0 Å². The molecule has 2 heterocycles. The highest BCUT2D eigenvalue weighted by molar-refractivity contribution is 7.99. The normalized spacial score (nSPS) is 10.6. The minimum Gasteiger partial charge on any atom is -0.495 e. The topological polar surface area (TPSA) is 81.9 Å². The summed E-state index contributed by atoms with van der Waals surface area (Å²) in [5.74, 6) is 1.48. The average molecular weight is 432 g/mol. The second-order valence-corrected chi connectivity index (χ2v) is 7.54. The van der Waals surface area contributed by atoms with E-state index in [1.54, 1.807) is 19.5 Å². The molecular formula is C23H21N5O2S. The van der Waals surface area contributed by atoms with Crippen molar-refractivity contribution in [3.63, 3.8) is 0 Å². The van der Waals surface area contributed by atoms with Crippen molar-refractivity contribution in [2.24, 2.45) is 0 Å². The Morgan fingerprint density at radius 3 is 2.52 bits per heavy atom. The Bertz CT molecular complexity index is 1150. The Hall–Kier alpha value is -3.65. The maximum absolute atomic E-state index is 12.4. The molecule has 0 unspecified atom stereocenters. The number of hydrogen-bond donors (Lipinski definition) is 1. The summed E-state index contributed by atoms with van der Waals surface area (Å²) >= 11 is 1.33. The quantitative estimate of drug-likeness (QED) is 0.428. The van der Waals surface area contributed by atoms with Gasteiger partial charge in [-0.2, -0.15) is 0 Å². The van der Waals surface area contributed by atoms with Gasteiger partial charge in [0.2, 0.25) is 5.91 Å². The molecule has 0 atom stereocenters. The molecule has 1 N–H and O–H groups in total. The number of para-hydroxylation sites is 2. The van der Waals surface area contributed by atoms with E-state index >= 15 is 0 Å². The predicted octanol–water partition coefficient (Wildman–Crippen LogP) is 3.75. The number of carbonyl (C=O) groups is 1. The van der Waals surface area contributed by atoms with Crippen LogP contribution in [0.3, 0.4) is 0 Å². The lowest BCUT2D eigenvalue weighted by molar-refractivity contribution is -0.118. The van der Waals surface area contributed by atoms with Crippen LogP contribution < -0.4 is 10.1 Å². The fourth-order valence-electron chi connectivity index (χ4n) is 3.06. The molecule has 7 nitrogen and oxygen atoms in total. The minimum absolute atomic E-state index is 0.0751. The van der Waals surface area contributed by atoms with Crippen LogP contribution in [0.4, 0.5) is 0 Å². The Labute approximate surface area is 184 Å². The molecule has 0 aliphatic heterocycles. The second-order valence-electron chi connectivity index (χ2n) is 6.60. The first-order valence-corrected chi connectivity index (χ1v) is 10.7. The van der Waals surface area contributed by atoms with Crippen molar-refractivity contribution in [2.75, 3.05) is 12.9 Å². The van der Waals surface area contributed by atoms with Crippen LogP contribution in [0.1, 0.15) is 5.56 Å². The van der Waals surface area contributed by atoms with Crippen LogP contribution in [-0.4, -0.2) is 38.5 Å². The van der Waals surface area contributed by atoms with E-state index in [0.29, 0.717) is 23.3 Å². The van der Waals surface area contributed by atoms with Crippen molar-refractivity contribution in [3.05, 3.63) is 84.7 Å². The average Bonchev–Trinajstić information content (AvgIpc) is 3.26. The van der Waals surface area contributed by atoms with Crippen molar-refractivity contribution in [2.45, 2.75) is 11.7 Å². The lowest BCUT2D eigenvalue weighted by Gasteiger charge is -2.13. The number of pyridine rings is 1. The monoisotopic (exact) mass is 431 g/mol. The van der Waals surface area contributed by atoms with E-state index in [4.69, 9.17) is 4.74 Å². The second kappa shape index (κ2) is 9.90. The van der Waals surface area contributed by atoms with E-state index in [0.717, 1.165) is 16.8 Å². The van der Waals surface area contributed by atoms with E-state index in [-0.39, 0.29) is 11.7 Å². The maximum atomic E-state index is 12.4. The van der Waals surface area contributed by atoms with Gasteiger partial charge in [0.05, 0.1) is 18.6 Å². The number of nitrogens with zero attached hydrogens (tertiary/aromatic N) is 4. The first kappa shape index (κ1) is 20.6. The number of methoxy groups -OCH3 is 1. The lowest BCUT2D eigenvalue weighted by Crippen LogP contribution is -2.24. The number of thioether (sulfide) groups is 1. The zero-order chi connectivity index (χ0) is 21.5. The zero-order valence-corrected chi connectivity index (χ0v) is 17.7. The Kier molecular flexibility index (Phi) is 6.59. The Balaban J connectivity index is 1.57. The molecular weight excluding hydrogens is 410 g/mol. The molecule has 156 valence electrons. The summed E-state index contributed by atoms with van der Waals surface area (Å²) in [4.78, 5) is 16.5. The van der Waals surface area contributed by atoms with Gasteiger partial charge in [0.1, 0.15) is 5.75 Å². The molecule has 0 aliphatic carbocycles. The van der Waals surface area contributed by atoms with Crippen LogP contribution in [0.2, 0.25) is 0 Å². The van der Waals surface area contributed by atoms with Crippen LogP contribution in [0, 0.1) is 0 Å². The van der Waals surface area contributed by atoms with Crippen LogP contribution >= 0.6 is 11.8 Å². The molecule has 4 aromatic rings. The Morgan fingerprint density at radius 1 is 1.00 bits per heavy atom. The zero-order valence-electron chi connectivity index (χ0n) is 16.9. The van der Waals surface area contributed by atoms with Gasteiger partial charge in [-0.3, -0.25) is 14.3 Å². The van der Waals surface area contributed by atoms with Gasteiger partial charge in [0.15, 0.2) is 11.0 Å². The van der Waals surface area contributed by atoms with Gasteiger partial charge in [-0.15, -0.1) is 10.2 Å². The van der Waals surface area contributed by atoms with Crippen LogP contribution in [0.15, 0.2) is 84.3 Å². The maximum Gasteiger partial charge on any atom is 0.230 e. The van der Waals surface area contributed by atoms with Crippen LogP contribution in [0.25, 0.3) is 17.1 Å². The summed E-state index contributed by atoms with van der Waals surface area (Å²) in [5, 5.41) is 12.3.